The largest absolute Gasteiger partial charge is 0.376 e. The summed E-state index contributed by atoms with van der Waals surface area (Å²) in [6, 6.07) is 10.6. The van der Waals surface area contributed by atoms with E-state index in [1.807, 2.05) is 11.0 Å². The minimum atomic E-state index is -0.124. The molecule has 0 spiro atoms. The summed E-state index contributed by atoms with van der Waals surface area (Å²) in [7, 11) is 0. The molecule has 5 nitrogen and oxygen atoms in total. The van der Waals surface area contributed by atoms with Crippen LogP contribution >= 0.6 is 0 Å². The molecule has 27 heavy (non-hydrogen) atoms. The Morgan fingerprint density at radius 3 is 2.56 bits per heavy atom. The van der Waals surface area contributed by atoms with E-state index in [2.05, 4.69) is 29.6 Å². The van der Waals surface area contributed by atoms with E-state index in [0.29, 0.717) is 18.9 Å². The zero-order valence-electron chi connectivity index (χ0n) is 15.9. The lowest BCUT2D eigenvalue weighted by molar-refractivity contribution is -0.136. The molecule has 1 saturated carbocycles. The highest BCUT2D eigenvalue weighted by Gasteiger charge is 2.49. The molecular formula is C22H30N2O3. The normalized spacial score (nSPS) is 28.1. The van der Waals surface area contributed by atoms with E-state index >= 15 is 0 Å². The first-order chi connectivity index (χ1) is 13.2. The molecule has 5 heteroatoms. The summed E-state index contributed by atoms with van der Waals surface area (Å²) in [6.07, 6.45) is 6.18. The van der Waals surface area contributed by atoms with Gasteiger partial charge in [0.05, 0.1) is 17.9 Å². The number of nitrogens with zero attached hydrogens (tertiary/aromatic N) is 1. The Bertz CT molecular complexity index is 649. The molecule has 0 bridgehead atoms. The molecule has 2 amide bonds. The van der Waals surface area contributed by atoms with Crippen LogP contribution in [0.15, 0.2) is 30.3 Å². The molecule has 0 radical (unpaired) electrons. The Morgan fingerprint density at radius 1 is 1.07 bits per heavy atom. The fraction of sp³-hybridized carbons (Fsp3) is 0.636. The van der Waals surface area contributed by atoms with Crippen molar-refractivity contribution in [3.63, 3.8) is 0 Å². The van der Waals surface area contributed by atoms with Gasteiger partial charge in [-0.2, -0.15) is 0 Å². The molecule has 1 aromatic rings. The maximum Gasteiger partial charge on any atom is 0.226 e. The number of hydrogen-bond donors (Lipinski definition) is 1. The maximum absolute atomic E-state index is 12.7. The average Bonchev–Trinajstić information content (AvgIpc) is 3.34. The number of rotatable bonds is 6. The van der Waals surface area contributed by atoms with Crippen molar-refractivity contribution in [3.05, 3.63) is 35.9 Å². The van der Waals surface area contributed by atoms with Crippen molar-refractivity contribution in [3.8, 4) is 0 Å². The molecule has 3 aliphatic rings. The molecule has 2 aliphatic heterocycles. The van der Waals surface area contributed by atoms with Gasteiger partial charge < -0.3 is 15.0 Å². The molecule has 3 fully saturated rings. The topological polar surface area (TPSA) is 58.6 Å². The van der Waals surface area contributed by atoms with Crippen LogP contribution in [-0.4, -0.2) is 49.1 Å². The van der Waals surface area contributed by atoms with Crippen LogP contribution in [0.2, 0.25) is 0 Å². The van der Waals surface area contributed by atoms with Gasteiger partial charge in [-0.3, -0.25) is 9.59 Å². The van der Waals surface area contributed by atoms with Gasteiger partial charge >= 0.3 is 0 Å². The number of amides is 2. The van der Waals surface area contributed by atoms with E-state index in [1.54, 1.807) is 0 Å². The number of nitrogens with one attached hydrogen (secondary N) is 1. The first-order valence-electron chi connectivity index (χ1n) is 10.4. The van der Waals surface area contributed by atoms with E-state index < -0.39 is 0 Å². The van der Waals surface area contributed by atoms with Crippen molar-refractivity contribution in [2.75, 3.05) is 26.2 Å². The predicted octanol–water partition coefficient (Wildman–Crippen LogP) is 2.40. The zero-order valence-corrected chi connectivity index (χ0v) is 15.9. The standard InChI is InChI=1S/C22H30N2O3/c25-21(23-15-18-7-4-12-27-18)19-14-20(19)22(26)24-10-8-17(9-11-24)13-16-5-2-1-3-6-16/h1-3,5-6,17-20H,4,7-15H2,(H,23,25). The van der Waals surface area contributed by atoms with Crippen LogP contribution in [0.3, 0.4) is 0 Å². The van der Waals surface area contributed by atoms with Gasteiger partial charge in [-0.05, 0) is 50.0 Å². The first-order valence-corrected chi connectivity index (χ1v) is 10.4. The molecule has 2 heterocycles. The third-order valence-corrected chi connectivity index (χ3v) is 6.27. The second kappa shape index (κ2) is 8.42. The fourth-order valence-corrected chi connectivity index (χ4v) is 4.45. The number of ether oxygens (including phenoxy) is 1. The lowest BCUT2D eigenvalue weighted by atomic mass is 9.90. The smallest absolute Gasteiger partial charge is 0.226 e. The Kier molecular flexibility index (Phi) is 5.77. The van der Waals surface area contributed by atoms with E-state index in [1.165, 1.54) is 5.56 Å². The average molecular weight is 370 g/mol. The molecule has 1 N–H and O–H groups in total. The highest BCUT2D eigenvalue weighted by atomic mass is 16.5. The third-order valence-electron chi connectivity index (χ3n) is 6.27. The molecular weight excluding hydrogens is 340 g/mol. The van der Waals surface area contributed by atoms with Gasteiger partial charge in [0.25, 0.3) is 0 Å². The van der Waals surface area contributed by atoms with E-state index in [9.17, 15) is 9.59 Å². The third kappa shape index (κ3) is 4.70. The van der Waals surface area contributed by atoms with Gasteiger partial charge in [-0.1, -0.05) is 30.3 Å². The quantitative estimate of drug-likeness (QED) is 0.837. The summed E-state index contributed by atoms with van der Waals surface area (Å²) >= 11 is 0. The second-order valence-corrected chi connectivity index (χ2v) is 8.29. The van der Waals surface area contributed by atoms with Crippen molar-refractivity contribution in [1.29, 1.82) is 0 Å². The minimum absolute atomic E-state index is 0.0304. The number of carbonyl (C=O) groups excluding carboxylic acids is 2. The van der Waals surface area contributed by atoms with Gasteiger partial charge in [0, 0.05) is 26.2 Å². The SMILES string of the molecule is O=C(NCC1CCCO1)C1CC1C(=O)N1CCC(Cc2ccccc2)CC1. The number of hydrogen-bond acceptors (Lipinski definition) is 3. The van der Waals surface area contributed by atoms with Crippen LogP contribution in [0, 0.1) is 17.8 Å². The van der Waals surface area contributed by atoms with Gasteiger partial charge in [0.1, 0.15) is 0 Å². The Morgan fingerprint density at radius 2 is 1.85 bits per heavy atom. The number of benzene rings is 1. The van der Waals surface area contributed by atoms with Crippen molar-refractivity contribution in [2.45, 2.75) is 44.6 Å². The monoisotopic (exact) mass is 370 g/mol. The maximum atomic E-state index is 12.7. The van der Waals surface area contributed by atoms with Crippen molar-refractivity contribution >= 4 is 11.8 Å². The van der Waals surface area contributed by atoms with Gasteiger partial charge in [-0.25, -0.2) is 0 Å². The summed E-state index contributed by atoms with van der Waals surface area (Å²) in [5.74, 6) is 0.649. The molecule has 3 unspecified atom stereocenters. The predicted molar refractivity (Wildman–Crippen MR) is 103 cm³/mol. The van der Waals surface area contributed by atoms with Crippen LogP contribution in [0.1, 0.15) is 37.7 Å². The molecule has 0 aromatic heterocycles. The molecule has 146 valence electrons. The Hall–Kier alpha value is -1.88. The van der Waals surface area contributed by atoms with Crippen LogP contribution in [0.25, 0.3) is 0 Å². The van der Waals surface area contributed by atoms with Crippen molar-refractivity contribution in [2.24, 2.45) is 17.8 Å². The van der Waals surface area contributed by atoms with Crippen molar-refractivity contribution < 1.29 is 14.3 Å². The summed E-state index contributed by atoms with van der Waals surface area (Å²) in [6.45, 7) is 3.04. The van der Waals surface area contributed by atoms with E-state index in [4.69, 9.17) is 4.74 Å². The lowest BCUT2D eigenvalue weighted by Gasteiger charge is -2.32. The fourth-order valence-electron chi connectivity index (χ4n) is 4.45. The Labute approximate surface area is 161 Å². The number of likely N-dealkylation sites (tertiary alicyclic amines) is 1. The molecule has 3 atom stereocenters. The van der Waals surface area contributed by atoms with Crippen molar-refractivity contribution in [1.82, 2.24) is 10.2 Å². The van der Waals surface area contributed by atoms with Gasteiger partial charge in [0.15, 0.2) is 0 Å². The highest BCUT2D eigenvalue weighted by molar-refractivity contribution is 5.92. The highest BCUT2D eigenvalue weighted by Crippen LogP contribution is 2.41. The first kappa shape index (κ1) is 18.5. The summed E-state index contributed by atoms with van der Waals surface area (Å²) in [5.41, 5.74) is 1.38. The lowest BCUT2D eigenvalue weighted by Crippen LogP contribution is -2.41. The summed E-state index contributed by atoms with van der Waals surface area (Å²) < 4.78 is 5.54. The molecule has 1 aromatic carbocycles. The minimum Gasteiger partial charge on any atom is -0.376 e. The Balaban J connectivity index is 1.18. The number of piperidine rings is 1. The zero-order chi connectivity index (χ0) is 18.6. The molecule has 4 rings (SSSR count). The van der Waals surface area contributed by atoms with Crippen LogP contribution in [0.4, 0.5) is 0 Å². The number of carbonyl (C=O) groups is 2. The molecule has 2 saturated heterocycles. The summed E-state index contributed by atoms with van der Waals surface area (Å²) in [5, 5.41) is 2.97. The van der Waals surface area contributed by atoms with Crippen LogP contribution < -0.4 is 5.32 Å². The van der Waals surface area contributed by atoms with Crippen LogP contribution in [0.5, 0.6) is 0 Å². The van der Waals surface area contributed by atoms with E-state index in [-0.39, 0.29) is 29.8 Å². The van der Waals surface area contributed by atoms with Gasteiger partial charge in [-0.15, -0.1) is 0 Å². The summed E-state index contributed by atoms with van der Waals surface area (Å²) in [4.78, 5) is 27.0. The van der Waals surface area contributed by atoms with Gasteiger partial charge in [0.2, 0.25) is 11.8 Å². The van der Waals surface area contributed by atoms with Crippen LogP contribution in [-0.2, 0) is 20.7 Å². The molecule has 1 aliphatic carbocycles. The second-order valence-electron chi connectivity index (χ2n) is 8.29. The van der Waals surface area contributed by atoms with E-state index in [0.717, 1.165) is 51.8 Å².